The van der Waals surface area contributed by atoms with Gasteiger partial charge in [0.05, 0.1) is 6.33 Å². The first-order valence-electron chi connectivity index (χ1n) is 6.53. The zero-order chi connectivity index (χ0) is 13.5. The van der Waals surface area contributed by atoms with Gasteiger partial charge in [-0.25, -0.2) is 4.98 Å². The van der Waals surface area contributed by atoms with Crippen molar-refractivity contribution in [3.05, 3.63) is 53.6 Å². The van der Waals surface area contributed by atoms with Crippen molar-refractivity contribution in [1.82, 2.24) is 15.3 Å². The van der Waals surface area contributed by atoms with Crippen LogP contribution in [0.25, 0.3) is 0 Å². The second kappa shape index (κ2) is 6.73. The van der Waals surface area contributed by atoms with E-state index in [1.54, 1.807) is 12.5 Å². The van der Waals surface area contributed by atoms with Gasteiger partial charge >= 0.3 is 0 Å². The number of nitrogens with zero attached hydrogens (tertiary/aromatic N) is 1. The lowest BCUT2D eigenvalue weighted by Gasteiger charge is -2.05. The maximum absolute atomic E-state index is 11.7. The number of aromatic amines is 1. The Morgan fingerprint density at radius 3 is 2.74 bits per heavy atom. The second-order valence-corrected chi connectivity index (χ2v) is 4.66. The van der Waals surface area contributed by atoms with Crippen molar-refractivity contribution in [2.45, 2.75) is 26.2 Å². The summed E-state index contributed by atoms with van der Waals surface area (Å²) in [6.45, 7) is 2.71. The molecule has 4 nitrogen and oxygen atoms in total. The molecule has 19 heavy (non-hydrogen) atoms. The molecule has 1 amide bonds. The normalized spacial score (nSPS) is 10.4. The van der Waals surface area contributed by atoms with Crippen molar-refractivity contribution >= 4 is 5.91 Å². The van der Waals surface area contributed by atoms with E-state index in [2.05, 4.69) is 46.5 Å². The molecule has 2 N–H and O–H groups in total. The van der Waals surface area contributed by atoms with E-state index in [-0.39, 0.29) is 5.91 Å². The molecule has 0 spiro atoms. The van der Waals surface area contributed by atoms with Crippen LogP contribution in [0.2, 0.25) is 0 Å². The number of hydrogen-bond donors (Lipinski definition) is 2. The fourth-order valence-corrected chi connectivity index (χ4v) is 1.86. The maximum atomic E-state index is 11.7. The summed E-state index contributed by atoms with van der Waals surface area (Å²) in [5.41, 5.74) is 3.49. The van der Waals surface area contributed by atoms with Gasteiger partial charge in [0.15, 0.2) is 0 Å². The van der Waals surface area contributed by atoms with E-state index in [1.165, 1.54) is 11.1 Å². The molecular weight excluding hydrogens is 238 g/mol. The van der Waals surface area contributed by atoms with E-state index < -0.39 is 0 Å². The maximum Gasteiger partial charge on any atom is 0.220 e. The highest BCUT2D eigenvalue weighted by molar-refractivity contribution is 5.76. The molecule has 2 aromatic rings. The summed E-state index contributed by atoms with van der Waals surface area (Å²) in [5, 5.41) is 2.92. The highest BCUT2D eigenvalue weighted by Crippen LogP contribution is 2.05. The van der Waals surface area contributed by atoms with Gasteiger partial charge in [0.25, 0.3) is 0 Å². The van der Waals surface area contributed by atoms with Crippen LogP contribution in [0.3, 0.4) is 0 Å². The third-order valence-electron chi connectivity index (χ3n) is 3.03. The Morgan fingerprint density at radius 2 is 2.05 bits per heavy atom. The first-order chi connectivity index (χ1) is 9.24. The molecule has 0 unspecified atom stereocenters. The van der Waals surface area contributed by atoms with Gasteiger partial charge < -0.3 is 10.3 Å². The molecule has 0 fully saturated rings. The lowest BCUT2D eigenvalue weighted by atomic mass is 10.1. The van der Waals surface area contributed by atoms with Gasteiger partial charge in [-0.05, 0) is 18.9 Å². The second-order valence-electron chi connectivity index (χ2n) is 4.66. The van der Waals surface area contributed by atoms with E-state index in [0.717, 1.165) is 18.5 Å². The lowest BCUT2D eigenvalue weighted by Crippen LogP contribution is -2.25. The van der Waals surface area contributed by atoms with E-state index in [1.807, 2.05) is 0 Å². The van der Waals surface area contributed by atoms with Gasteiger partial charge in [-0.1, -0.05) is 29.8 Å². The molecule has 0 atom stereocenters. The standard InChI is InChI=1S/C15H19N3O/c1-12-2-4-13(5-3-12)6-7-15(19)17-9-8-14-10-16-11-18-14/h2-5,10-11H,6-9H2,1H3,(H,16,18)(H,17,19). The van der Waals surface area contributed by atoms with Gasteiger partial charge in [0.2, 0.25) is 5.91 Å². The minimum atomic E-state index is 0.0973. The number of aryl methyl sites for hydroxylation is 2. The molecule has 0 saturated carbocycles. The van der Waals surface area contributed by atoms with Crippen LogP contribution in [-0.4, -0.2) is 22.4 Å². The van der Waals surface area contributed by atoms with Crippen molar-refractivity contribution < 1.29 is 4.79 Å². The zero-order valence-corrected chi connectivity index (χ0v) is 11.1. The van der Waals surface area contributed by atoms with Crippen LogP contribution >= 0.6 is 0 Å². The summed E-state index contributed by atoms with van der Waals surface area (Å²) >= 11 is 0. The van der Waals surface area contributed by atoms with Crippen molar-refractivity contribution in [1.29, 1.82) is 0 Å². The first-order valence-corrected chi connectivity index (χ1v) is 6.53. The lowest BCUT2D eigenvalue weighted by molar-refractivity contribution is -0.121. The molecule has 0 radical (unpaired) electrons. The Morgan fingerprint density at radius 1 is 1.26 bits per heavy atom. The summed E-state index contributed by atoms with van der Waals surface area (Å²) in [7, 11) is 0. The molecular formula is C15H19N3O. The number of rotatable bonds is 6. The molecule has 0 saturated heterocycles. The topological polar surface area (TPSA) is 57.8 Å². The van der Waals surface area contributed by atoms with Crippen LogP contribution in [-0.2, 0) is 17.6 Å². The van der Waals surface area contributed by atoms with Gasteiger partial charge in [-0.15, -0.1) is 0 Å². The van der Waals surface area contributed by atoms with E-state index >= 15 is 0 Å². The first kappa shape index (κ1) is 13.3. The summed E-state index contributed by atoms with van der Waals surface area (Å²) in [6.07, 6.45) is 5.53. The average Bonchev–Trinajstić information content (AvgIpc) is 2.91. The number of carbonyl (C=O) groups is 1. The van der Waals surface area contributed by atoms with Crippen molar-refractivity contribution in [3.63, 3.8) is 0 Å². The SMILES string of the molecule is Cc1ccc(CCC(=O)NCCc2cnc[nH]2)cc1. The largest absolute Gasteiger partial charge is 0.356 e. The number of carbonyl (C=O) groups excluding carboxylic acids is 1. The third-order valence-corrected chi connectivity index (χ3v) is 3.03. The third kappa shape index (κ3) is 4.58. The number of amides is 1. The molecule has 0 aliphatic carbocycles. The van der Waals surface area contributed by atoms with Crippen molar-refractivity contribution in [3.8, 4) is 0 Å². The van der Waals surface area contributed by atoms with Crippen LogP contribution < -0.4 is 5.32 Å². The molecule has 1 aromatic heterocycles. The fraction of sp³-hybridized carbons (Fsp3) is 0.333. The van der Waals surface area contributed by atoms with Crippen LogP contribution in [0.4, 0.5) is 0 Å². The molecule has 0 aliphatic heterocycles. The smallest absolute Gasteiger partial charge is 0.220 e. The summed E-state index contributed by atoms with van der Waals surface area (Å²) < 4.78 is 0. The molecule has 1 aromatic carbocycles. The van der Waals surface area contributed by atoms with Gasteiger partial charge in [-0.2, -0.15) is 0 Å². The average molecular weight is 257 g/mol. The molecule has 2 rings (SSSR count). The number of aromatic nitrogens is 2. The van der Waals surface area contributed by atoms with E-state index in [4.69, 9.17) is 0 Å². The van der Waals surface area contributed by atoms with Crippen molar-refractivity contribution in [2.24, 2.45) is 0 Å². The number of nitrogens with one attached hydrogen (secondary N) is 2. The molecule has 100 valence electrons. The van der Waals surface area contributed by atoms with Gasteiger partial charge in [0.1, 0.15) is 0 Å². The predicted octanol–water partition coefficient (Wildman–Crippen LogP) is 2.01. The highest BCUT2D eigenvalue weighted by Gasteiger charge is 2.02. The Bertz CT molecular complexity index is 503. The molecule has 0 aliphatic rings. The Kier molecular flexibility index (Phi) is 4.72. The number of hydrogen-bond acceptors (Lipinski definition) is 2. The quantitative estimate of drug-likeness (QED) is 0.831. The van der Waals surface area contributed by atoms with Crippen LogP contribution in [0.1, 0.15) is 23.2 Å². The van der Waals surface area contributed by atoms with Crippen molar-refractivity contribution in [2.75, 3.05) is 6.54 Å². The van der Waals surface area contributed by atoms with Crippen LogP contribution in [0, 0.1) is 6.92 Å². The Hall–Kier alpha value is -2.10. The highest BCUT2D eigenvalue weighted by atomic mass is 16.1. The number of benzene rings is 1. The number of H-pyrrole nitrogens is 1. The van der Waals surface area contributed by atoms with E-state index in [0.29, 0.717) is 13.0 Å². The summed E-state index contributed by atoms with van der Waals surface area (Å²) in [6, 6.07) is 8.30. The monoisotopic (exact) mass is 257 g/mol. The Balaban J connectivity index is 1.65. The van der Waals surface area contributed by atoms with E-state index in [9.17, 15) is 4.79 Å². The fourth-order valence-electron chi connectivity index (χ4n) is 1.86. The zero-order valence-electron chi connectivity index (χ0n) is 11.1. The predicted molar refractivity (Wildman–Crippen MR) is 74.8 cm³/mol. The summed E-state index contributed by atoms with van der Waals surface area (Å²) in [4.78, 5) is 18.6. The molecule has 0 bridgehead atoms. The number of imidazole rings is 1. The molecule has 4 heteroatoms. The van der Waals surface area contributed by atoms with Gasteiger partial charge in [-0.3, -0.25) is 4.79 Å². The Labute approximate surface area is 113 Å². The minimum absolute atomic E-state index is 0.0973. The molecule has 1 heterocycles. The van der Waals surface area contributed by atoms with Gasteiger partial charge in [0, 0.05) is 31.3 Å². The minimum Gasteiger partial charge on any atom is -0.356 e. The summed E-state index contributed by atoms with van der Waals surface area (Å²) in [5.74, 6) is 0.0973. The van der Waals surface area contributed by atoms with Crippen LogP contribution in [0.5, 0.6) is 0 Å². The van der Waals surface area contributed by atoms with Crippen LogP contribution in [0.15, 0.2) is 36.8 Å².